The minimum absolute atomic E-state index is 0.266. The quantitative estimate of drug-likeness (QED) is 0.805. The summed E-state index contributed by atoms with van der Waals surface area (Å²) in [5, 5.41) is 10.3. The lowest BCUT2D eigenvalue weighted by Gasteiger charge is -2.15. The van der Waals surface area contributed by atoms with Crippen LogP contribution in [0.1, 0.15) is 17.2 Å². The van der Waals surface area contributed by atoms with Gasteiger partial charge in [-0.25, -0.2) is 4.39 Å². The molecule has 2 nitrogen and oxygen atoms in total. The van der Waals surface area contributed by atoms with Crippen molar-refractivity contribution in [3.8, 4) is 5.75 Å². The number of halogens is 3. The van der Waals surface area contributed by atoms with Gasteiger partial charge in [0.15, 0.2) is 0 Å². The summed E-state index contributed by atoms with van der Waals surface area (Å²) in [5.41, 5.74) is 1.12. The zero-order valence-electron chi connectivity index (χ0n) is 10.7. The Bertz CT molecular complexity index is 597. The van der Waals surface area contributed by atoms with Gasteiger partial charge < -0.3 is 9.84 Å². The van der Waals surface area contributed by atoms with Gasteiger partial charge in [0.1, 0.15) is 11.6 Å². The van der Waals surface area contributed by atoms with Gasteiger partial charge in [-0.1, -0.05) is 37.9 Å². The molecule has 2 rings (SSSR count). The maximum absolute atomic E-state index is 13.8. The van der Waals surface area contributed by atoms with Crippen LogP contribution in [0.25, 0.3) is 0 Å². The Hall–Kier alpha value is -0.910. The summed E-state index contributed by atoms with van der Waals surface area (Å²) >= 11 is 6.70. The molecule has 0 amide bonds. The van der Waals surface area contributed by atoms with Gasteiger partial charge in [-0.2, -0.15) is 0 Å². The minimum Gasteiger partial charge on any atom is -0.497 e. The van der Waals surface area contributed by atoms with Gasteiger partial charge in [-0.05, 0) is 35.9 Å². The average molecular weight is 404 g/mol. The fourth-order valence-electron chi connectivity index (χ4n) is 1.97. The van der Waals surface area contributed by atoms with E-state index in [4.69, 9.17) is 4.74 Å². The molecule has 2 aromatic carbocycles. The van der Waals surface area contributed by atoms with Crippen molar-refractivity contribution in [2.75, 3.05) is 7.11 Å². The molecule has 106 valence electrons. The first kappa shape index (κ1) is 15.5. The van der Waals surface area contributed by atoms with Crippen LogP contribution < -0.4 is 4.74 Å². The number of benzene rings is 2. The fourth-order valence-corrected chi connectivity index (χ4v) is 2.99. The van der Waals surface area contributed by atoms with E-state index in [1.54, 1.807) is 19.2 Å². The van der Waals surface area contributed by atoms with Crippen LogP contribution in [0.2, 0.25) is 0 Å². The number of hydrogen-bond acceptors (Lipinski definition) is 2. The second-order valence-electron chi connectivity index (χ2n) is 4.31. The van der Waals surface area contributed by atoms with Crippen molar-refractivity contribution in [2.45, 2.75) is 12.5 Å². The molecule has 5 heteroatoms. The zero-order chi connectivity index (χ0) is 14.7. The van der Waals surface area contributed by atoms with Crippen molar-refractivity contribution in [3.05, 3.63) is 62.3 Å². The van der Waals surface area contributed by atoms with E-state index < -0.39 is 11.9 Å². The van der Waals surface area contributed by atoms with Crippen LogP contribution in [-0.4, -0.2) is 12.2 Å². The molecule has 0 aliphatic rings. The minimum atomic E-state index is -0.936. The van der Waals surface area contributed by atoms with Gasteiger partial charge >= 0.3 is 0 Å². The van der Waals surface area contributed by atoms with E-state index in [-0.39, 0.29) is 12.0 Å². The van der Waals surface area contributed by atoms with E-state index >= 15 is 0 Å². The predicted octanol–water partition coefficient (Wildman–Crippen LogP) is 4.64. The Kier molecular flexibility index (Phi) is 5.18. The van der Waals surface area contributed by atoms with E-state index in [2.05, 4.69) is 31.9 Å². The first-order chi connectivity index (χ1) is 9.52. The summed E-state index contributed by atoms with van der Waals surface area (Å²) in [4.78, 5) is 0. The Balaban J connectivity index is 2.30. The average Bonchev–Trinajstić information content (AvgIpc) is 2.41. The highest BCUT2D eigenvalue weighted by Gasteiger charge is 2.18. The van der Waals surface area contributed by atoms with E-state index in [9.17, 15) is 9.50 Å². The SMILES string of the molecule is COc1ccc(Br)c(CC(O)c2c(F)cccc2Br)c1. The van der Waals surface area contributed by atoms with Crippen LogP contribution in [0.3, 0.4) is 0 Å². The summed E-state index contributed by atoms with van der Waals surface area (Å²) in [6, 6.07) is 10.1. The molecule has 1 atom stereocenters. The van der Waals surface area contributed by atoms with Crippen molar-refractivity contribution in [3.63, 3.8) is 0 Å². The van der Waals surface area contributed by atoms with Gasteiger partial charge in [0.25, 0.3) is 0 Å². The molecule has 1 unspecified atom stereocenters. The molecule has 0 aliphatic heterocycles. The monoisotopic (exact) mass is 402 g/mol. The molecule has 0 spiro atoms. The van der Waals surface area contributed by atoms with Crippen LogP contribution >= 0.6 is 31.9 Å². The topological polar surface area (TPSA) is 29.5 Å². The van der Waals surface area contributed by atoms with Gasteiger partial charge in [-0.15, -0.1) is 0 Å². The second kappa shape index (κ2) is 6.70. The van der Waals surface area contributed by atoms with Crippen LogP contribution in [0, 0.1) is 5.82 Å². The molecule has 0 heterocycles. The first-order valence-electron chi connectivity index (χ1n) is 5.97. The lowest BCUT2D eigenvalue weighted by molar-refractivity contribution is 0.172. The van der Waals surface area contributed by atoms with Crippen molar-refractivity contribution in [2.24, 2.45) is 0 Å². The number of aliphatic hydroxyl groups is 1. The number of ether oxygens (including phenoxy) is 1. The third-order valence-corrected chi connectivity index (χ3v) is 4.46. The first-order valence-corrected chi connectivity index (χ1v) is 7.56. The lowest BCUT2D eigenvalue weighted by Crippen LogP contribution is -2.06. The van der Waals surface area contributed by atoms with Crippen molar-refractivity contribution in [1.82, 2.24) is 0 Å². The normalized spacial score (nSPS) is 12.2. The molecule has 0 aliphatic carbocycles. The molecular formula is C15H13Br2FO2. The third kappa shape index (κ3) is 3.40. The summed E-state index contributed by atoms with van der Waals surface area (Å²) in [5.74, 6) is 0.272. The van der Waals surface area contributed by atoms with Crippen molar-refractivity contribution < 1.29 is 14.2 Å². The molecule has 0 fully saturated rings. The van der Waals surface area contributed by atoms with Crippen LogP contribution in [0.4, 0.5) is 4.39 Å². The zero-order valence-corrected chi connectivity index (χ0v) is 13.9. The van der Waals surface area contributed by atoms with Crippen molar-refractivity contribution >= 4 is 31.9 Å². The van der Waals surface area contributed by atoms with E-state index in [0.29, 0.717) is 10.2 Å². The van der Waals surface area contributed by atoms with Crippen molar-refractivity contribution in [1.29, 1.82) is 0 Å². The molecule has 0 radical (unpaired) electrons. The lowest BCUT2D eigenvalue weighted by atomic mass is 10.0. The summed E-state index contributed by atoms with van der Waals surface area (Å²) in [6.45, 7) is 0. The number of hydrogen-bond donors (Lipinski definition) is 1. The van der Waals surface area contributed by atoms with E-state index in [1.165, 1.54) is 6.07 Å². The molecule has 0 saturated carbocycles. The molecule has 2 aromatic rings. The van der Waals surface area contributed by atoms with Gasteiger partial charge in [0, 0.05) is 20.9 Å². The van der Waals surface area contributed by atoms with Gasteiger partial charge in [0.05, 0.1) is 13.2 Å². The number of aliphatic hydroxyl groups excluding tert-OH is 1. The summed E-state index contributed by atoms with van der Waals surface area (Å²) < 4.78 is 20.4. The molecule has 0 aromatic heterocycles. The Morgan fingerprint density at radius 2 is 1.95 bits per heavy atom. The maximum atomic E-state index is 13.8. The number of rotatable bonds is 4. The largest absolute Gasteiger partial charge is 0.497 e. The smallest absolute Gasteiger partial charge is 0.130 e. The van der Waals surface area contributed by atoms with Gasteiger partial charge in [-0.3, -0.25) is 0 Å². The van der Waals surface area contributed by atoms with E-state index in [1.807, 2.05) is 18.2 Å². The van der Waals surface area contributed by atoms with Crippen LogP contribution in [-0.2, 0) is 6.42 Å². The molecule has 20 heavy (non-hydrogen) atoms. The third-order valence-electron chi connectivity index (χ3n) is 3.00. The second-order valence-corrected chi connectivity index (χ2v) is 6.02. The Labute approximate surface area is 133 Å². The molecule has 0 saturated heterocycles. The molecule has 0 bridgehead atoms. The van der Waals surface area contributed by atoms with Crippen LogP contribution in [0.5, 0.6) is 5.75 Å². The van der Waals surface area contributed by atoms with E-state index in [0.717, 1.165) is 10.0 Å². The summed E-state index contributed by atoms with van der Waals surface area (Å²) in [7, 11) is 1.58. The highest BCUT2D eigenvalue weighted by Crippen LogP contribution is 2.31. The highest BCUT2D eigenvalue weighted by molar-refractivity contribution is 9.10. The molecular weight excluding hydrogens is 391 g/mol. The Morgan fingerprint density at radius 1 is 1.20 bits per heavy atom. The standard InChI is InChI=1S/C15H13Br2FO2/c1-20-10-5-6-11(16)9(7-10)8-14(19)15-12(17)3-2-4-13(15)18/h2-7,14,19H,8H2,1H3. The summed E-state index contributed by atoms with van der Waals surface area (Å²) in [6.07, 6.45) is -0.647. The molecule has 1 N–H and O–H groups in total. The van der Waals surface area contributed by atoms with Crippen LogP contribution in [0.15, 0.2) is 45.3 Å². The van der Waals surface area contributed by atoms with Gasteiger partial charge in [0.2, 0.25) is 0 Å². The predicted molar refractivity (Wildman–Crippen MR) is 83.5 cm³/mol. The maximum Gasteiger partial charge on any atom is 0.130 e. The fraction of sp³-hybridized carbons (Fsp3) is 0.200. The highest BCUT2D eigenvalue weighted by atomic mass is 79.9. The number of methoxy groups -OCH3 is 1. The Morgan fingerprint density at radius 3 is 2.60 bits per heavy atom.